The van der Waals surface area contributed by atoms with E-state index in [4.69, 9.17) is 23.2 Å². The van der Waals surface area contributed by atoms with Gasteiger partial charge in [-0.1, -0.05) is 30.1 Å². The predicted octanol–water partition coefficient (Wildman–Crippen LogP) is 3.73. The molecule has 1 aromatic rings. The summed E-state index contributed by atoms with van der Waals surface area (Å²) in [6, 6.07) is 4.01. The second-order valence-electron chi connectivity index (χ2n) is 3.55. The van der Waals surface area contributed by atoms with Gasteiger partial charge in [-0.25, -0.2) is 0 Å². The van der Waals surface area contributed by atoms with Crippen LogP contribution in [0.4, 0.5) is 0 Å². The molecular formula is C10H10Cl2. The molecule has 2 heteroatoms. The Morgan fingerprint density at radius 1 is 1.08 bits per heavy atom. The van der Waals surface area contributed by atoms with Crippen molar-refractivity contribution in [2.45, 2.75) is 19.8 Å². The first-order chi connectivity index (χ1) is 5.66. The van der Waals surface area contributed by atoms with E-state index in [1.54, 1.807) is 0 Å². The molecule has 0 heterocycles. The number of hydrogen-bond donors (Lipinski definition) is 0. The summed E-state index contributed by atoms with van der Waals surface area (Å²) in [5, 5.41) is 1.37. The van der Waals surface area contributed by atoms with Crippen molar-refractivity contribution in [1.29, 1.82) is 0 Å². The molecule has 64 valence electrons. The van der Waals surface area contributed by atoms with Crippen LogP contribution in [0.1, 0.15) is 18.1 Å². The molecule has 0 aromatic heterocycles. The Balaban J connectivity index is 2.48. The van der Waals surface area contributed by atoms with Crippen molar-refractivity contribution in [3.05, 3.63) is 33.3 Å². The molecule has 0 unspecified atom stereocenters. The highest BCUT2D eigenvalue weighted by molar-refractivity contribution is 6.42. The summed E-state index contributed by atoms with van der Waals surface area (Å²) < 4.78 is 0. The van der Waals surface area contributed by atoms with Crippen LogP contribution in [0.3, 0.4) is 0 Å². The highest BCUT2D eigenvalue weighted by Gasteiger charge is 2.18. The minimum atomic E-state index is 0.685. The van der Waals surface area contributed by atoms with E-state index in [9.17, 15) is 0 Å². The van der Waals surface area contributed by atoms with E-state index < -0.39 is 0 Å². The van der Waals surface area contributed by atoms with Gasteiger partial charge in [-0.15, -0.1) is 0 Å². The lowest BCUT2D eigenvalue weighted by atomic mass is 10.1. The second kappa shape index (κ2) is 2.93. The zero-order chi connectivity index (χ0) is 8.72. The summed E-state index contributed by atoms with van der Waals surface area (Å²) in [4.78, 5) is 0. The topological polar surface area (TPSA) is 0 Å². The Hall–Kier alpha value is -0.200. The number of rotatable bonds is 0. The molecule has 12 heavy (non-hydrogen) atoms. The van der Waals surface area contributed by atoms with Crippen molar-refractivity contribution in [3.8, 4) is 0 Å². The number of fused-ring (bicyclic) bond motifs is 1. The summed E-state index contributed by atoms with van der Waals surface area (Å²) in [6.45, 7) is 2.25. The van der Waals surface area contributed by atoms with Crippen LogP contribution in [0, 0.1) is 5.92 Å². The van der Waals surface area contributed by atoms with Gasteiger partial charge in [-0.05, 0) is 42.0 Å². The van der Waals surface area contributed by atoms with Gasteiger partial charge in [0.15, 0.2) is 0 Å². The quantitative estimate of drug-likeness (QED) is 0.599. The van der Waals surface area contributed by atoms with Gasteiger partial charge in [0.25, 0.3) is 0 Å². The third kappa shape index (κ3) is 1.34. The molecule has 1 aliphatic carbocycles. The molecule has 0 saturated carbocycles. The zero-order valence-electron chi connectivity index (χ0n) is 6.90. The van der Waals surface area contributed by atoms with Crippen molar-refractivity contribution in [3.63, 3.8) is 0 Å². The molecule has 0 amide bonds. The Morgan fingerprint density at radius 3 is 1.92 bits per heavy atom. The van der Waals surface area contributed by atoms with E-state index in [0.29, 0.717) is 10.0 Å². The largest absolute Gasteiger partial charge is 0.0827 e. The fourth-order valence-corrected chi connectivity index (χ4v) is 2.20. The van der Waals surface area contributed by atoms with Crippen LogP contribution < -0.4 is 0 Å². The molecule has 0 aliphatic heterocycles. The van der Waals surface area contributed by atoms with Crippen LogP contribution in [-0.2, 0) is 12.8 Å². The minimum absolute atomic E-state index is 0.685. The van der Waals surface area contributed by atoms with E-state index >= 15 is 0 Å². The average molecular weight is 201 g/mol. The van der Waals surface area contributed by atoms with Gasteiger partial charge in [0.2, 0.25) is 0 Å². The SMILES string of the molecule is CC1Cc2cc(Cl)c(Cl)cc2C1. The van der Waals surface area contributed by atoms with Gasteiger partial charge in [-0.2, -0.15) is 0 Å². The number of benzene rings is 1. The predicted molar refractivity (Wildman–Crippen MR) is 53.0 cm³/mol. The summed E-state index contributed by atoms with van der Waals surface area (Å²) in [7, 11) is 0. The standard InChI is InChI=1S/C10H10Cl2/c1-6-2-7-4-9(11)10(12)5-8(7)3-6/h4-6H,2-3H2,1H3. The number of hydrogen-bond acceptors (Lipinski definition) is 0. The van der Waals surface area contributed by atoms with E-state index in [0.717, 1.165) is 18.8 Å². The van der Waals surface area contributed by atoms with Gasteiger partial charge >= 0.3 is 0 Å². The summed E-state index contributed by atoms with van der Waals surface area (Å²) >= 11 is 11.8. The Labute approximate surface area is 82.5 Å². The monoisotopic (exact) mass is 200 g/mol. The highest BCUT2D eigenvalue weighted by Crippen LogP contribution is 2.33. The van der Waals surface area contributed by atoms with Crippen LogP contribution >= 0.6 is 23.2 Å². The summed E-state index contributed by atoms with van der Waals surface area (Å²) in [5.41, 5.74) is 2.74. The van der Waals surface area contributed by atoms with Gasteiger partial charge in [0.05, 0.1) is 10.0 Å². The van der Waals surface area contributed by atoms with Gasteiger partial charge < -0.3 is 0 Å². The second-order valence-corrected chi connectivity index (χ2v) is 4.36. The minimum Gasteiger partial charge on any atom is -0.0827 e. The molecule has 0 saturated heterocycles. The maximum absolute atomic E-state index is 5.91. The van der Waals surface area contributed by atoms with Crippen molar-refractivity contribution < 1.29 is 0 Å². The van der Waals surface area contributed by atoms with Crippen LogP contribution in [0.25, 0.3) is 0 Å². The third-order valence-corrected chi connectivity index (χ3v) is 3.10. The molecule has 0 fully saturated rings. The fourth-order valence-electron chi connectivity index (χ4n) is 1.83. The van der Waals surface area contributed by atoms with Crippen molar-refractivity contribution in [2.24, 2.45) is 5.92 Å². The molecular weight excluding hydrogens is 191 g/mol. The highest BCUT2D eigenvalue weighted by atomic mass is 35.5. The zero-order valence-corrected chi connectivity index (χ0v) is 8.41. The van der Waals surface area contributed by atoms with Crippen molar-refractivity contribution in [1.82, 2.24) is 0 Å². The molecule has 2 rings (SSSR count). The normalized spacial score (nSPS) is 16.6. The van der Waals surface area contributed by atoms with Crippen LogP contribution in [0.5, 0.6) is 0 Å². The Morgan fingerprint density at radius 2 is 1.50 bits per heavy atom. The summed E-state index contributed by atoms with van der Waals surface area (Å²) in [5.74, 6) is 0.745. The van der Waals surface area contributed by atoms with E-state index in [-0.39, 0.29) is 0 Å². The lowest BCUT2D eigenvalue weighted by molar-refractivity contribution is 0.628. The van der Waals surface area contributed by atoms with Crippen molar-refractivity contribution >= 4 is 23.2 Å². The first-order valence-corrected chi connectivity index (χ1v) is 4.89. The molecule has 0 nitrogen and oxygen atoms in total. The average Bonchev–Trinajstić information content (AvgIpc) is 2.30. The third-order valence-electron chi connectivity index (χ3n) is 2.38. The van der Waals surface area contributed by atoms with Gasteiger partial charge in [0.1, 0.15) is 0 Å². The Bertz CT molecular complexity index is 287. The van der Waals surface area contributed by atoms with Crippen LogP contribution in [-0.4, -0.2) is 0 Å². The van der Waals surface area contributed by atoms with Crippen LogP contribution in [0.15, 0.2) is 12.1 Å². The van der Waals surface area contributed by atoms with Crippen LogP contribution in [0.2, 0.25) is 10.0 Å². The smallest absolute Gasteiger partial charge is 0.0595 e. The fraction of sp³-hybridized carbons (Fsp3) is 0.400. The van der Waals surface area contributed by atoms with E-state index in [1.807, 2.05) is 12.1 Å². The Kier molecular flexibility index (Phi) is 2.05. The molecule has 0 atom stereocenters. The lowest BCUT2D eigenvalue weighted by Crippen LogP contribution is -1.89. The molecule has 1 aromatic carbocycles. The maximum Gasteiger partial charge on any atom is 0.0595 e. The number of halogens is 2. The molecule has 0 spiro atoms. The molecule has 0 radical (unpaired) electrons. The van der Waals surface area contributed by atoms with E-state index in [2.05, 4.69) is 6.92 Å². The molecule has 1 aliphatic rings. The first kappa shape index (κ1) is 8.40. The summed E-state index contributed by atoms with van der Waals surface area (Å²) in [6.07, 6.45) is 2.29. The van der Waals surface area contributed by atoms with Gasteiger partial charge in [0, 0.05) is 0 Å². The lowest BCUT2D eigenvalue weighted by Gasteiger charge is -2.00. The first-order valence-electron chi connectivity index (χ1n) is 4.13. The molecule has 0 bridgehead atoms. The van der Waals surface area contributed by atoms with E-state index in [1.165, 1.54) is 11.1 Å². The van der Waals surface area contributed by atoms with Gasteiger partial charge in [-0.3, -0.25) is 0 Å². The maximum atomic E-state index is 5.91. The van der Waals surface area contributed by atoms with Crippen molar-refractivity contribution in [2.75, 3.05) is 0 Å². The molecule has 0 N–H and O–H groups in total.